The summed E-state index contributed by atoms with van der Waals surface area (Å²) in [6.07, 6.45) is -4.90. The highest BCUT2D eigenvalue weighted by molar-refractivity contribution is 5.36. The molecule has 0 bridgehead atoms. The number of alkyl halides is 3. The second-order valence-corrected chi connectivity index (χ2v) is 4.63. The minimum atomic E-state index is -4.48. The molecule has 0 spiro atoms. The van der Waals surface area contributed by atoms with Crippen LogP contribution in [0.25, 0.3) is 0 Å². The van der Waals surface area contributed by atoms with Gasteiger partial charge in [-0.25, -0.2) is 0 Å². The predicted octanol–water partition coefficient (Wildman–Crippen LogP) is 2.44. The third kappa shape index (κ3) is 2.67. The first-order chi connectivity index (χ1) is 8.26. The molecule has 0 saturated carbocycles. The Balaban J connectivity index is 3.42. The van der Waals surface area contributed by atoms with Crippen molar-refractivity contribution >= 4 is 0 Å². The number of aryl methyl sites for hydroxylation is 2. The van der Waals surface area contributed by atoms with Crippen LogP contribution in [0.2, 0.25) is 0 Å². The summed E-state index contributed by atoms with van der Waals surface area (Å²) >= 11 is 0. The summed E-state index contributed by atoms with van der Waals surface area (Å²) in [5, 5.41) is 8.94. The molecule has 1 atom stereocenters. The van der Waals surface area contributed by atoms with Crippen LogP contribution in [0.5, 0.6) is 0 Å². The summed E-state index contributed by atoms with van der Waals surface area (Å²) in [6.45, 7) is 2.36. The SMILES string of the molecule is Cc1cc(C)cc(C(CN)(CCO)C(F)(F)F)c1. The van der Waals surface area contributed by atoms with Crippen molar-refractivity contribution < 1.29 is 18.3 Å². The summed E-state index contributed by atoms with van der Waals surface area (Å²) < 4.78 is 40.0. The molecule has 0 saturated heterocycles. The second-order valence-electron chi connectivity index (χ2n) is 4.63. The third-order valence-electron chi connectivity index (χ3n) is 3.20. The van der Waals surface area contributed by atoms with Crippen LogP contribution in [0.1, 0.15) is 23.1 Å². The van der Waals surface area contributed by atoms with E-state index < -0.39 is 31.2 Å². The maximum absolute atomic E-state index is 13.3. The first kappa shape index (κ1) is 15.0. The van der Waals surface area contributed by atoms with Crippen molar-refractivity contribution in [3.8, 4) is 0 Å². The molecule has 1 rings (SSSR count). The van der Waals surface area contributed by atoms with Gasteiger partial charge in [-0.05, 0) is 25.8 Å². The molecular weight excluding hydrogens is 243 g/mol. The van der Waals surface area contributed by atoms with E-state index in [2.05, 4.69) is 0 Å². The van der Waals surface area contributed by atoms with Gasteiger partial charge < -0.3 is 10.8 Å². The van der Waals surface area contributed by atoms with Crippen molar-refractivity contribution in [3.05, 3.63) is 34.9 Å². The summed E-state index contributed by atoms with van der Waals surface area (Å²) in [7, 11) is 0. The highest BCUT2D eigenvalue weighted by atomic mass is 19.4. The maximum Gasteiger partial charge on any atom is 0.399 e. The summed E-state index contributed by atoms with van der Waals surface area (Å²) in [4.78, 5) is 0. The number of hydrogen-bond donors (Lipinski definition) is 2. The van der Waals surface area contributed by atoms with E-state index in [0.717, 1.165) is 11.1 Å². The summed E-state index contributed by atoms with van der Waals surface area (Å²) in [5.41, 5.74) is 4.85. The molecule has 2 nitrogen and oxygen atoms in total. The molecule has 0 aliphatic heterocycles. The Labute approximate surface area is 105 Å². The lowest BCUT2D eigenvalue weighted by molar-refractivity contribution is -0.192. The molecule has 0 radical (unpaired) electrons. The number of benzene rings is 1. The lowest BCUT2D eigenvalue weighted by Crippen LogP contribution is -2.49. The predicted molar refractivity (Wildman–Crippen MR) is 64.4 cm³/mol. The number of aliphatic hydroxyl groups excluding tert-OH is 1. The molecule has 1 aromatic carbocycles. The summed E-state index contributed by atoms with van der Waals surface area (Å²) in [5.74, 6) is 0. The molecule has 1 aromatic rings. The molecular formula is C13H18F3NO. The van der Waals surface area contributed by atoms with Crippen molar-refractivity contribution in [1.29, 1.82) is 0 Å². The molecule has 0 amide bonds. The minimum absolute atomic E-state index is 0.129. The van der Waals surface area contributed by atoms with Gasteiger partial charge in [0.1, 0.15) is 5.41 Å². The minimum Gasteiger partial charge on any atom is -0.396 e. The molecule has 5 heteroatoms. The standard InChI is InChI=1S/C13H18F3NO/c1-9-5-10(2)7-11(6-9)12(8-17,3-4-18)13(14,15)16/h5-7,18H,3-4,8,17H2,1-2H3. The van der Waals surface area contributed by atoms with E-state index in [9.17, 15) is 13.2 Å². The Bertz CT molecular complexity index is 397. The van der Waals surface area contributed by atoms with Crippen LogP contribution >= 0.6 is 0 Å². The Morgan fingerprint density at radius 1 is 1.11 bits per heavy atom. The molecule has 0 heterocycles. The quantitative estimate of drug-likeness (QED) is 0.874. The van der Waals surface area contributed by atoms with Gasteiger partial charge in [0.15, 0.2) is 0 Å². The van der Waals surface area contributed by atoms with Crippen molar-refractivity contribution in [3.63, 3.8) is 0 Å². The Hall–Kier alpha value is -1.07. The van der Waals surface area contributed by atoms with Gasteiger partial charge in [0, 0.05) is 13.2 Å². The number of aliphatic hydroxyl groups is 1. The Morgan fingerprint density at radius 3 is 1.94 bits per heavy atom. The highest BCUT2D eigenvalue weighted by Gasteiger charge is 2.54. The molecule has 0 aliphatic carbocycles. The van der Waals surface area contributed by atoms with E-state index in [4.69, 9.17) is 10.8 Å². The van der Waals surface area contributed by atoms with Crippen LogP contribution in [0, 0.1) is 13.8 Å². The van der Waals surface area contributed by atoms with E-state index in [1.165, 1.54) is 12.1 Å². The molecule has 3 N–H and O–H groups in total. The average Bonchev–Trinajstić information content (AvgIpc) is 2.22. The van der Waals surface area contributed by atoms with Gasteiger partial charge in [-0.1, -0.05) is 29.3 Å². The average molecular weight is 261 g/mol. The molecule has 1 unspecified atom stereocenters. The molecule has 102 valence electrons. The van der Waals surface area contributed by atoms with E-state index >= 15 is 0 Å². The largest absolute Gasteiger partial charge is 0.399 e. The van der Waals surface area contributed by atoms with Crippen molar-refractivity contribution in [2.45, 2.75) is 31.9 Å². The zero-order valence-electron chi connectivity index (χ0n) is 10.5. The van der Waals surface area contributed by atoms with E-state index in [0.29, 0.717) is 0 Å². The van der Waals surface area contributed by atoms with Gasteiger partial charge in [0.2, 0.25) is 0 Å². The fourth-order valence-electron chi connectivity index (χ4n) is 2.23. The van der Waals surface area contributed by atoms with Gasteiger partial charge in [-0.2, -0.15) is 13.2 Å². The highest BCUT2D eigenvalue weighted by Crippen LogP contribution is 2.43. The lowest BCUT2D eigenvalue weighted by Gasteiger charge is -2.35. The van der Waals surface area contributed by atoms with E-state index in [1.807, 2.05) is 0 Å². The van der Waals surface area contributed by atoms with Gasteiger partial charge in [-0.3, -0.25) is 0 Å². The summed E-state index contributed by atoms with van der Waals surface area (Å²) in [6, 6.07) is 4.78. The van der Waals surface area contributed by atoms with Crippen LogP contribution in [-0.4, -0.2) is 24.4 Å². The molecule has 0 aliphatic rings. The Kier molecular flexibility index (Phi) is 4.40. The molecule has 18 heavy (non-hydrogen) atoms. The van der Waals surface area contributed by atoms with Crippen molar-refractivity contribution in [2.24, 2.45) is 5.73 Å². The van der Waals surface area contributed by atoms with Crippen molar-refractivity contribution in [2.75, 3.05) is 13.2 Å². The Morgan fingerprint density at radius 2 is 1.61 bits per heavy atom. The first-order valence-corrected chi connectivity index (χ1v) is 5.73. The van der Waals surface area contributed by atoms with Gasteiger partial charge >= 0.3 is 6.18 Å². The normalized spacial score (nSPS) is 15.5. The van der Waals surface area contributed by atoms with Gasteiger partial charge in [0.25, 0.3) is 0 Å². The molecule has 0 fully saturated rings. The van der Waals surface area contributed by atoms with E-state index in [1.54, 1.807) is 19.9 Å². The topological polar surface area (TPSA) is 46.2 Å². The fraction of sp³-hybridized carbons (Fsp3) is 0.538. The van der Waals surface area contributed by atoms with Crippen LogP contribution < -0.4 is 5.73 Å². The second kappa shape index (κ2) is 5.28. The van der Waals surface area contributed by atoms with Crippen LogP contribution in [0.4, 0.5) is 13.2 Å². The zero-order valence-corrected chi connectivity index (χ0v) is 10.5. The zero-order chi connectivity index (χ0) is 14.0. The number of halogens is 3. The fourth-order valence-corrected chi connectivity index (χ4v) is 2.23. The van der Waals surface area contributed by atoms with Crippen LogP contribution in [0.3, 0.4) is 0 Å². The smallest absolute Gasteiger partial charge is 0.396 e. The van der Waals surface area contributed by atoms with E-state index in [-0.39, 0.29) is 5.56 Å². The van der Waals surface area contributed by atoms with Crippen LogP contribution in [0.15, 0.2) is 18.2 Å². The monoisotopic (exact) mass is 261 g/mol. The first-order valence-electron chi connectivity index (χ1n) is 5.73. The van der Waals surface area contributed by atoms with Gasteiger partial charge in [0.05, 0.1) is 0 Å². The van der Waals surface area contributed by atoms with Crippen LogP contribution in [-0.2, 0) is 5.41 Å². The molecule has 0 aromatic heterocycles. The lowest BCUT2D eigenvalue weighted by atomic mass is 9.76. The van der Waals surface area contributed by atoms with Gasteiger partial charge in [-0.15, -0.1) is 0 Å². The number of hydrogen-bond acceptors (Lipinski definition) is 2. The number of rotatable bonds is 4. The number of nitrogens with two attached hydrogens (primary N) is 1. The third-order valence-corrected chi connectivity index (χ3v) is 3.20. The van der Waals surface area contributed by atoms with Crippen molar-refractivity contribution in [1.82, 2.24) is 0 Å². The maximum atomic E-state index is 13.3.